The summed E-state index contributed by atoms with van der Waals surface area (Å²) in [6, 6.07) is 6.77. The van der Waals surface area contributed by atoms with Crippen LogP contribution in [0.5, 0.6) is 0 Å². The van der Waals surface area contributed by atoms with Crippen LogP contribution in [-0.2, 0) is 4.74 Å². The Bertz CT molecular complexity index is 578. The number of rotatable bonds is 6. The highest BCUT2D eigenvalue weighted by atomic mass is 35.5. The molecule has 1 aromatic carbocycles. The Balaban J connectivity index is 0.00000261. The Morgan fingerprint density at radius 3 is 2.17 bits per heavy atom. The summed E-state index contributed by atoms with van der Waals surface area (Å²) in [7, 11) is 0. The van der Waals surface area contributed by atoms with Gasteiger partial charge in [0.2, 0.25) is 0 Å². The maximum absolute atomic E-state index is 13.1. The van der Waals surface area contributed by atoms with Crippen LogP contribution in [0.2, 0.25) is 0 Å². The first-order valence-electron chi connectivity index (χ1n) is 9.42. The molecule has 2 aliphatic heterocycles. The van der Waals surface area contributed by atoms with Crippen molar-refractivity contribution in [2.24, 2.45) is 0 Å². The molecule has 0 amide bonds. The summed E-state index contributed by atoms with van der Waals surface area (Å²) in [4.78, 5) is 4.48. The predicted molar refractivity (Wildman–Crippen MR) is 121 cm³/mol. The number of benzene rings is 1. The molecule has 2 aliphatic rings. The van der Waals surface area contributed by atoms with Crippen LogP contribution in [0.4, 0.5) is 10.1 Å². The summed E-state index contributed by atoms with van der Waals surface area (Å²) in [5.74, 6) is -0.228. The monoisotopic (exact) mass is 475 g/mol. The van der Waals surface area contributed by atoms with E-state index in [9.17, 15) is 14.6 Å². The number of hydrogen-bond acceptors (Lipinski definition) is 6. The Labute approximate surface area is 191 Å². The average molecular weight is 477 g/mol. The SMILES string of the molecule is CC(C)NC[C@H]1O[C@@H](CO)[C@@H](O)[C@H]1N1CCN(c2ccc(F)cc2)CC1.Cl.Cl.Cl. The van der Waals surface area contributed by atoms with Crippen molar-refractivity contribution in [3.05, 3.63) is 30.1 Å². The molecule has 3 N–H and O–H groups in total. The first-order valence-corrected chi connectivity index (χ1v) is 9.42. The maximum Gasteiger partial charge on any atom is 0.123 e. The van der Waals surface area contributed by atoms with Gasteiger partial charge in [0.1, 0.15) is 18.0 Å². The third-order valence-corrected chi connectivity index (χ3v) is 5.30. The fourth-order valence-corrected chi connectivity index (χ4v) is 3.88. The molecule has 0 aliphatic carbocycles. The van der Waals surface area contributed by atoms with Gasteiger partial charge in [-0.3, -0.25) is 4.90 Å². The van der Waals surface area contributed by atoms with Crippen LogP contribution in [0.25, 0.3) is 0 Å². The van der Waals surface area contributed by atoms with Gasteiger partial charge in [-0.05, 0) is 24.3 Å². The summed E-state index contributed by atoms with van der Waals surface area (Å²) in [6.07, 6.45) is -1.38. The summed E-state index contributed by atoms with van der Waals surface area (Å²) in [6.45, 7) is 7.82. The molecule has 0 bridgehead atoms. The number of aliphatic hydroxyl groups excluding tert-OH is 2. The molecular formula is C19H33Cl3FN3O3. The molecule has 0 radical (unpaired) electrons. The molecule has 4 atom stereocenters. The summed E-state index contributed by atoms with van der Waals surface area (Å²) in [5, 5.41) is 23.5. The fourth-order valence-electron chi connectivity index (χ4n) is 3.88. The summed E-state index contributed by atoms with van der Waals surface area (Å²) in [5.41, 5.74) is 1.01. The molecule has 1 aromatic rings. The number of anilines is 1. The van der Waals surface area contributed by atoms with Gasteiger partial charge in [-0.15, -0.1) is 37.2 Å². The largest absolute Gasteiger partial charge is 0.394 e. The van der Waals surface area contributed by atoms with Crippen LogP contribution in [0, 0.1) is 5.82 Å². The van der Waals surface area contributed by atoms with Crippen molar-refractivity contribution in [3.8, 4) is 0 Å². The van der Waals surface area contributed by atoms with E-state index >= 15 is 0 Å². The number of ether oxygens (including phenoxy) is 1. The smallest absolute Gasteiger partial charge is 0.123 e. The molecule has 29 heavy (non-hydrogen) atoms. The van der Waals surface area contributed by atoms with Crippen molar-refractivity contribution in [1.82, 2.24) is 10.2 Å². The second-order valence-corrected chi connectivity index (χ2v) is 7.44. The fraction of sp³-hybridized carbons (Fsp3) is 0.684. The second-order valence-electron chi connectivity index (χ2n) is 7.44. The van der Waals surface area contributed by atoms with E-state index in [1.165, 1.54) is 12.1 Å². The highest BCUT2D eigenvalue weighted by molar-refractivity contribution is 5.86. The Hall–Kier alpha value is -0.380. The minimum absolute atomic E-state index is 0. The second kappa shape index (κ2) is 13.1. The zero-order valence-corrected chi connectivity index (χ0v) is 19.2. The molecule has 0 spiro atoms. The molecule has 10 heteroatoms. The van der Waals surface area contributed by atoms with E-state index in [2.05, 4.69) is 29.0 Å². The lowest BCUT2D eigenvalue weighted by Gasteiger charge is -2.41. The van der Waals surface area contributed by atoms with Crippen LogP contribution >= 0.6 is 37.2 Å². The van der Waals surface area contributed by atoms with Crippen molar-refractivity contribution < 1.29 is 19.3 Å². The van der Waals surface area contributed by atoms with Crippen molar-refractivity contribution in [1.29, 1.82) is 0 Å². The van der Waals surface area contributed by atoms with Crippen molar-refractivity contribution in [2.75, 3.05) is 44.2 Å². The lowest BCUT2D eigenvalue weighted by molar-refractivity contribution is -0.0216. The third-order valence-electron chi connectivity index (χ3n) is 5.30. The predicted octanol–water partition coefficient (Wildman–Crippen LogP) is 1.70. The van der Waals surface area contributed by atoms with Gasteiger partial charge < -0.3 is 25.2 Å². The van der Waals surface area contributed by atoms with Crippen molar-refractivity contribution >= 4 is 42.9 Å². The van der Waals surface area contributed by atoms with Gasteiger partial charge in [0.15, 0.2) is 0 Å². The van der Waals surface area contributed by atoms with E-state index in [-0.39, 0.29) is 61.8 Å². The number of nitrogens with one attached hydrogen (secondary N) is 1. The van der Waals surface area contributed by atoms with Crippen LogP contribution in [0.1, 0.15) is 13.8 Å². The van der Waals surface area contributed by atoms with E-state index in [0.717, 1.165) is 31.9 Å². The minimum Gasteiger partial charge on any atom is -0.394 e. The maximum atomic E-state index is 13.1. The van der Waals surface area contributed by atoms with Gasteiger partial charge in [0, 0.05) is 44.5 Å². The lowest BCUT2D eigenvalue weighted by atomic mass is 10.0. The third kappa shape index (κ3) is 7.08. The molecule has 0 unspecified atom stereocenters. The topological polar surface area (TPSA) is 68.2 Å². The Morgan fingerprint density at radius 1 is 1.07 bits per heavy atom. The van der Waals surface area contributed by atoms with Gasteiger partial charge in [0.25, 0.3) is 0 Å². The standard InChI is InChI=1S/C19H30FN3O3.3ClH/c1-13(2)21-11-16-18(19(25)17(12-24)26-16)23-9-7-22(8-10-23)15-5-3-14(20)4-6-15;;;/h3-6,13,16-19,21,24-25H,7-12H2,1-2H3;3*1H/t16-,17+,18+,19-;;;/m1.../s1. The van der Waals surface area contributed by atoms with Crippen LogP contribution in [0.15, 0.2) is 24.3 Å². The molecule has 170 valence electrons. The van der Waals surface area contributed by atoms with Crippen molar-refractivity contribution in [2.45, 2.75) is 44.2 Å². The van der Waals surface area contributed by atoms with Crippen molar-refractivity contribution in [3.63, 3.8) is 0 Å². The quantitative estimate of drug-likeness (QED) is 0.581. The van der Waals surface area contributed by atoms with Gasteiger partial charge in [-0.1, -0.05) is 13.8 Å². The zero-order chi connectivity index (χ0) is 18.7. The average Bonchev–Trinajstić information content (AvgIpc) is 2.96. The normalized spacial score (nSPS) is 27.2. The number of piperazine rings is 1. The number of nitrogens with zero attached hydrogens (tertiary/aromatic N) is 2. The first kappa shape index (κ1) is 28.6. The van der Waals surface area contributed by atoms with E-state index in [1.54, 1.807) is 12.1 Å². The Kier molecular flexibility index (Phi) is 13.0. The summed E-state index contributed by atoms with van der Waals surface area (Å²) < 4.78 is 19.0. The molecule has 2 fully saturated rings. The number of halogens is 4. The highest BCUT2D eigenvalue weighted by Gasteiger charge is 2.46. The van der Waals surface area contributed by atoms with Gasteiger partial charge >= 0.3 is 0 Å². The van der Waals surface area contributed by atoms with E-state index in [0.29, 0.717) is 12.6 Å². The summed E-state index contributed by atoms with van der Waals surface area (Å²) >= 11 is 0. The van der Waals surface area contributed by atoms with E-state index in [4.69, 9.17) is 4.74 Å². The molecule has 2 heterocycles. The first-order chi connectivity index (χ1) is 12.5. The zero-order valence-electron chi connectivity index (χ0n) is 16.7. The minimum atomic E-state index is -0.698. The molecule has 3 rings (SSSR count). The van der Waals surface area contributed by atoms with E-state index < -0.39 is 12.2 Å². The number of hydrogen-bond donors (Lipinski definition) is 3. The van der Waals surface area contributed by atoms with Crippen LogP contribution < -0.4 is 10.2 Å². The molecule has 6 nitrogen and oxygen atoms in total. The van der Waals surface area contributed by atoms with Crippen LogP contribution in [-0.4, -0.2) is 84.8 Å². The molecule has 2 saturated heterocycles. The molecule has 0 saturated carbocycles. The van der Waals surface area contributed by atoms with Gasteiger partial charge in [-0.2, -0.15) is 0 Å². The van der Waals surface area contributed by atoms with Crippen LogP contribution in [0.3, 0.4) is 0 Å². The van der Waals surface area contributed by atoms with Gasteiger partial charge in [0.05, 0.1) is 18.8 Å². The highest BCUT2D eigenvalue weighted by Crippen LogP contribution is 2.27. The Morgan fingerprint density at radius 2 is 1.66 bits per heavy atom. The van der Waals surface area contributed by atoms with E-state index in [1.807, 2.05) is 0 Å². The lowest BCUT2D eigenvalue weighted by Crippen LogP contribution is -2.57. The van der Waals surface area contributed by atoms with Gasteiger partial charge in [-0.25, -0.2) is 4.39 Å². The molecule has 0 aromatic heterocycles. The molecular weight excluding hydrogens is 444 g/mol. The number of aliphatic hydroxyl groups is 2.